The van der Waals surface area contributed by atoms with Crippen molar-refractivity contribution in [1.82, 2.24) is 10.3 Å². The maximum absolute atomic E-state index is 13.1. The van der Waals surface area contributed by atoms with Gasteiger partial charge in [0.25, 0.3) is 5.91 Å². The molecule has 0 unspecified atom stereocenters. The molecule has 2 amide bonds. The number of nitrogens with one attached hydrogen (secondary N) is 1. The Kier molecular flexibility index (Phi) is 5.58. The molecule has 0 aliphatic carbocycles. The van der Waals surface area contributed by atoms with Gasteiger partial charge in [0.15, 0.2) is 0 Å². The molecule has 1 aromatic heterocycles. The van der Waals surface area contributed by atoms with Crippen LogP contribution >= 0.6 is 0 Å². The van der Waals surface area contributed by atoms with Gasteiger partial charge in [0, 0.05) is 12.8 Å². The zero-order chi connectivity index (χ0) is 19.4. The van der Waals surface area contributed by atoms with E-state index in [1.165, 1.54) is 0 Å². The Balaban J connectivity index is 2.07. The number of hydrogen-bond donors (Lipinski definition) is 1. The highest BCUT2D eigenvalue weighted by atomic mass is 19.4. The molecule has 0 bridgehead atoms. The number of halogens is 3. The van der Waals surface area contributed by atoms with Crippen LogP contribution in [0.5, 0.6) is 0 Å². The molecule has 1 N–H and O–H groups in total. The quantitative estimate of drug-likeness (QED) is 0.706. The first kappa shape index (κ1) is 19.1. The third-order valence-electron chi connectivity index (χ3n) is 4.59. The van der Waals surface area contributed by atoms with Gasteiger partial charge in [0.1, 0.15) is 5.69 Å². The average Bonchev–Trinajstić information content (AvgIpc) is 2.62. The van der Waals surface area contributed by atoms with Crippen LogP contribution in [0, 0.1) is 0 Å². The summed E-state index contributed by atoms with van der Waals surface area (Å²) in [4.78, 5) is 28.1. The van der Waals surface area contributed by atoms with Gasteiger partial charge in [-0.25, -0.2) is 4.98 Å². The Morgan fingerprint density at radius 1 is 0.889 bits per heavy atom. The summed E-state index contributed by atoms with van der Waals surface area (Å²) in [5.41, 5.74) is 0.812. The van der Waals surface area contributed by atoms with E-state index >= 15 is 0 Å². The van der Waals surface area contributed by atoms with E-state index < -0.39 is 23.7 Å². The minimum absolute atomic E-state index is 0.00889. The number of nitrogens with zero attached hydrogens (tertiary/aromatic N) is 1. The first-order valence-electron chi connectivity index (χ1n) is 8.82. The van der Waals surface area contributed by atoms with Crippen LogP contribution in [-0.4, -0.2) is 16.8 Å². The summed E-state index contributed by atoms with van der Waals surface area (Å²) in [6, 6.07) is 9.33. The third-order valence-corrected chi connectivity index (χ3v) is 4.59. The summed E-state index contributed by atoms with van der Waals surface area (Å²) in [6.45, 7) is 0. The number of amides is 2. The van der Waals surface area contributed by atoms with Crippen LogP contribution < -0.4 is 5.32 Å². The zero-order valence-corrected chi connectivity index (χ0v) is 14.6. The van der Waals surface area contributed by atoms with Crippen molar-refractivity contribution in [2.45, 2.75) is 44.7 Å². The predicted octanol–water partition coefficient (Wildman–Crippen LogP) is 4.06. The number of alkyl halides is 3. The van der Waals surface area contributed by atoms with Crippen LogP contribution in [0.3, 0.4) is 0 Å². The number of hydrogen-bond acceptors (Lipinski definition) is 3. The van der Waals surface area contributed by atoms with Crippen molar-refractivity contribution in [3.8, 4) is 0 Å². The Bertz CT molecular complexity index is 863. The molecule has 1 aliphatic rings. The third kappa shape index (κ3) is 4.72. The molecule has 0 atom stereocenters. The fourth-order valence-corrected chi connectivity index (χ4v) is 3.19. The number of rotatable bonds is 0. The van der Waals surface area contributed by atoms with Gasteiger partial charge in [0.2, 0.25) is 5.91 Å². The second-order valence-electron chi connectivity index (χ2n) is 6.57. The van der Waals surface area contributed by atoms with Crippen molar-refractivity contribution < 1.29 is 22.8 Å². The van der Waals surface area contributed by atoms with Gasteiger partial charge in [-0.15, -0.1) is 0 Å². The minimum Gasteiger partial charge on any atom is -0.292 e. The number of imide groups is 1. The van der Waals surface area contributed by atoms with E-state index in [9.17, 15) is 22.8 Å². The van der Waals surface area contributed by atoms with E-state index in [1.807, 2.05) is 24.3 Å². The van der Waals surface area contributed by atoms with Crippen molar-refractivity contribution in [1.29, 1.82) is 0 Å². The molecule has 2 heterocycles. The van der Waals surface area contributed by atoms with Gasteiger partial charge in [-0.1, -0.05) is 30.7 Å². The second kappa shape index (κ2) is 7.90. The molecule has 0 radical (unpaired) electrons. The molecule has 0 spiro atoms. The number of aryl methyl sites for hydroxylation is 1. The van der Waals surface area contributed by atoms with Crippen LogP contribution in [0.1, 0.15) is 58.6 Å². The molecule has 0 fully saturated rings. The van der Waals surface area contributed by atoms with Crippen molar-refractivity contribution in [3.63, 3.8) is 0 Å². The molecule has 4 nitrogen and oxygen atoms in total. The van der Waals surface area contributed by atoms with E-state index in [-0.39, 0.29) is 24.1 Å². The molecule has 0 saturated carbocycles. The smallest absolute Gasteiger partial charge is 0.292 e. The van der Waals surface area contributed by atoms with Crippen LogP contribution in [0.4, 0.5) is 13.2 Å². The topological polar surface area (TPSA) is 59.1 Å². The van der Waals surface area contributed by atoms with Gasteiger partial charge in [0.05, 0.1) is 11.3 Å². The molecule has 7 heteroatoms. The molecule has 1 aliphatic heterocycles. The second-order valence-corrected chi connectivity index (χ2v) is 6.57. The van der Waals surface area contributed by atoms with E-state index in [1.54, 1.807) is 0 Å². The van der Waals surface area contributed by atoms with E-state index in [4.69, 9.17) is 0 Å². The molecule has 0 saturated heterocycles. The fraction of sp³-hybridized carbons (Fsp3) is 0.350. The van der Waals surface area contributed by atoms with Crippen molar-refractivity contribution in [2.75, 3.05) is 0 Å². The van der Waals surface area contributed by atoms with Gasteiger partial charge in [-0.05, 0) is 42.5 Å². The summed E-state index contributed by atoms with van der Waals surface area (Å²) in [5.74, 6) is -1.14. The molecular weight excluding hydrogens is 357 g/mol. The first-order chi connectivity index (χ1) is 12.8. The van der Waals surface area contributed by atoms with Crippen LogP contribution in [0.25, 0.3) is 0 Å². The maximum Gasteiger partial charge on any atom is 0.433 e. The minimum atomic E-state index is -4.61. The normalized spacial score (nSPS) is 16.3. The fourth-order valence-electron chi connectivity index (χ4n) is 3.19. The monoisotopic (exact) mass is 376 g/mol. The van der Waals surface area contributed by atoms with Crippen molar-refractivity contribution in [2.24, 2.45) is 0 Å². The van der Waals surface area contributed by atoms with Crippen molar-refractivity contribution >= 4 is 11.8 Å². The van der Waals surface area contributed by atoms with E-state index in [0.29, 0.717) is 6.42 Å². The first-order valence-corrected chi connectivity index (χ1v) is 8.82. The number of aromatic nitrogens is 1. The lowest BCUT2D eigenvalue weighted by atomic mass is 9.96. The molecule has 142 valence electrons. The number of fused-ring (bicyclic) bond motifs is 2. The summed E-state index contributed by atoms with van der Waals surface area (Å²) >= 11 is 0. The Labute approximate surface area is 154 Å². The number of carbonyl (C=O) groups is 2. The number of carbonyl (C=O) groups excluding carboxylic acids is 2. The van der Waals surface area contributed by atoms with Crippen LogP contribution in [0.15, 0.2) is 36.4 Å². The van der Waals surface area contributed by atoms with E-state index in [0.717, 1.165) is 42.5 Å². The molecule has 2 aromatic rings. The Morgan fingerprint density at radius 2 is 1.59 bits per heavy atom. The molecule has 27 heavy (non-hydrogen) atoms. The van der Waals surface area contributed by atoms with Gasteiger partial charge < -0.3 is 0 Å². The average molecular weight is 376 g/mol. The highest BCUT2D eigenvalue weighted by molar-refractivity contribution is 6.05. The molecule has 1 aromatic carbocycles. The summed E-state index contributed by atoms with van der Waals surface area (Å²) in [5, 5.41) is 2.26. The number of pyridine rings is 1. The standard InChI is InChI=1S/C20H19F3N2O2/c21-20(22,23)17-11-10-15-16(24-17)12-14-8-5-4-7-13(14)6-2-1-3-9-18(26)25-19(15)27/h4-5,7-8,10-11H,1-3,6,9,12H2,(H,25,26,27). The lowest BCUT2D eigenvalue weighted by Gasteiger charge is -2.14. The Morgan fingerprint density at radius 3 is 2.33 bits per heavy atom. The van der Waals surface area contributed by atoms with E-state index in [2.05, 4.69) is 10.3 Å². The maximum atomic E-state index is 13.1. The highest BCUT2D eigenvalue weighted by Gasteiger charge is 2.33. The summed E-state index contributed by atoms with van der Waals surface area (Å²) in [7, 11) is 0. The number of benzene rings is 1. The van der Waals surface area contributed by atoms with Crippen molar-refractivity contribution in [3.05, 3.63) is 64.5 Å². The zero-order valence-electron chi connectivity index (χ0n) is 14.6. The summed E-state index contributed by atoms with van der Waals surface area (Å²) in [6.07, 6.45) is -1.20. The lowest BCUT2D eigenvalue weighted by Crippen LogP contribution is -2.31. The van der Waals surface area contributed by atoms with Gasteiger partial charge in [-0.3, -0.25) is 14.9 Å². The molecular formula is C20H19F3N2O2. The Hall–Kier alpha value is -2.70. The van der Waals surface area contributed by atoms with Gasteiger partial charge in [-0.2, -0.15) is 13.2 Å². The van der Waals surface area contributed by atoms with Gasteiger partial charge >= 0.3 is 6.18 Å². The lowest BCUT2D eigenvalue weighted by molar-refractivity contribution is -0.141. The predicted molar refractivity (Wildman–Crippen MR) is 93.1 cm³/mol. The van der Waals surface area contributed by atoms with Crippen LogP contribution in [0.2, 0.25) is 0 Å². The molecule has 3 rings (SSSR count). The largest absolute Gasteiger partial charge is 0.433 e. The summed E-state index contributed by atoms with van der Waals surface area (Å²) < 4.78 is 39.3. The SMILES string of the molecule is O=C1CCCCCc2ccccc2Cc2nc(C(F)(F)F)ccc2C(=O)N1. The highest BCUT2D eigenvalue weighted by Crippen LogP contribution is 2.29. The van der Waals surface area contributed by atoms with Crippen LogP contribution in [-0.2, 0) is 23.8 Å².